The molecule has 0 fully saturated rings. The largest absolute Gasteiger partial charge is 0.268 e. The molecule has 3 heterocycles. The Morgan fingerprint density at radius 2 is 1.88 bits per heavy atom. The first kappa shape index (κ1) is 20.7. The number of aromatic nitrogens is 4. The van der Waals surface area contributed by atoms with E-state index in [1.165, 1.54) is 22.4 Å². The number of hydrogen-bond donors (Lipinski definition) is 0. The summed E-state index contributed by atoms with van der Waals surface area (Å²) in [7, 11) is 0. The Labute approximate surface area is 200 Å². The van der Waals surface area contributed by atoms with Crippen molar-refractivity contribution in [3.05, 3.63) is 86.5 Å². The van der Waals surface area contributed by atoms with E-state index < -0.39 is 0 Å². The van der Waals surface area contributed by atoms with Gasteiger partial charge >= 0.3 is 0 Å². The highest BCUT2D eigenvalue weighted by atomic mass is 32.2. The van der Waals surface area contributed by atoms with Gasteiger partial charge in [0, 0.05) is 10.6 Å². The van der Waals surface area contributed by atoms with Crippen LogP contribution in [0.1, 0.15) is 47.3 Å². The second-order valence-electron chi connectivity index (χ2n) is 8.78. The van der Waals surface area contributed by atoms with Gasteiger partial charge in [0.25, 0.3) is 5.56 Å². The topological polar surface area (TPSA) is 52.2 Å². The molecule has 2 aromatic carbocycles. The number of benzene rings is 2. The quantitative estimate of drug-likeness (QED) is 0.295. The van der Waals surface area contributed by atoms with Crippen LogP contribution >= 0.6 is 23.1 Å². The minimum Gasteiger partial charge on any atom is -0.268 e. The molecular formula is C26H24N4OS2. The highest BCUT2D eigenvalue weighted by molar-refractivity contribution is 7.98. The summed E-state index contributed by atoms with van der Waals surface area (Å²) >= 11 is 3.41. The maximum atomic E-state index is 14.0. The van der Waals surface area contributed by atoms with Crippen LogP contribution in [0.3, 0.4) is 0 Å². The van der Waals surface area contributed by atoms with E-state index in [-0.39, 0.29) is 5.56 Å². The van der Waals surface area contributed by atoms with Crippen LogP contribution in [0.4, 0.5) is 0 Å². The van der Waals surface area contributed by atoms with Crippen molar-refractivity contribution in [3.63, 3.8) is 0 Å². The van der Waals surface area contributed by atoms with E-state index in [4.69, 9.17) is 0 Å². The predicted octanol–water partition coefficient (Wildman–Crippen LogP) is 6.14. The summed E-state index contributed by atoms with van der Waals surface area (Å²) in [5, 5.41) is 10.8. The Hall–Kier alpha value is -2.90. The molecule has 0 spiro atoms. The smallest absolute Gasteiger partial charge is 0.268 e. The third-order valence-electron chi connectivity index (χ3n) is 6.48. The summed E-state index contributed by atoms with van der Waals surface area (Å²) in [6, 6.07) is 18.5. The van der Waals surface area contributed by atoms with E-state index in [0.29, 0.717) is 11.7 Å². The normalized spacial score (nSPS) is 15.9. The molecule has 166 valence electrons. The Morgan fingerprint density at radius 1 is 1.09 bits per heavy atom. The third kappa shape index (κ3) is 3.42. The average Bonchev–Trinajstić information content (AvgIpc) is 3.42. The van der Waals surface area contributed by atoms with Crippen LogP contribution in [-0.4, -0.2) is 19.2 Å². The number of aryl methyl sites for hydroxylation is 2. The van der Waals surface area contributed by atoms with E-state index in [9.17, 15) is 4.79 Å². The fourth-order valence-corrected chi connectivity index (χ4v) is 7.19. The van der Waals surface area contributed by atoms with Gasteiger partial charge in [-0.3, -0.25) is 4.79 Å². The maximum absolute atomic E-state index is 14.0. The molecule has 0 aliphatic heterocycles. The van der Waals surface area contributed by atoms with Gasteiger partial charge in [-0.1, -0.05) is 66.7 Å². The fraction of sp³-hybridized carbons (Fsp3) is 0.269. The summed E-state index contributed by atoms with van der Waals surface area (Å²) in [6.45, 7) is 4.30. The van der Waals surface area contributed by atoms with E-state index in [1.54, 1.807) is 27.7 Å². The van der Waals surface area contributed by atoms with Crippen molar-refractivity contribution in [3.8, 4) is 5.69 Å². The van der Waals surface area contributed by atoms with Crippen molar-refractivity contribution < 1.29 is 0 Å². The minimum absolute atomic E-state index is 0.0135. The average molecular weight is 473 g/mol. The third-order valence-corrected chi connectivity index (χ3v) is 8.73. The number of fused-ring (bicyclic) bond motifs is 5. The minimum atomic E-state index is 0.0135. The van der Waals surface area contributed by atoms with Gasteiger partial charge < -0.3 is 0 Å². The van der Waals surface area contributed by atoms with Crippen molar-refractivity contribution in [1.29, 1.82) is 0 Å². The zero-order valence-electron chi connectivity index (χ0n) is 18.6. The second-order valence-corrected chi connectivity index (χ2v) is 10.8. The summed E-state index contributed by atoms with van der Waals surface area (Å²) in [6.07, 6.45) is 3.34. The molecular weight excluding hydrogens is 448 g/mol. The fourth-order valence-electron chi connectivity index (χ4n) is 4.79. The van der Waals surface area contributed by atoms with E-state index in [0.717, 1.165) is 45.2 Å². The first-order valence-electron chi connectivity index (χ1n) is 11.3. The zero-order valence-corrected chi connectivity index (χ0v) is 20.2. The monoisotopic (exact) mass is 472 g/mol. The Bertz CT molecular complexity index is 1530. The molecule has 7 heteroatoms. The van der Waals surface area contributed by atoms with Gasteiger partial charge in [0.05, 0.1) is 11.1 Å². The second kappa shape index (κ2) is 8.15. The van der Waals surface area contributed by atoms with Crippen molar-refractivity contribution in [1.82, 2.24) is 19.2 Å². The van der Waals surface area contributed by atoms with Crippen molar-refractivity contribution in [2.75, 3.05) is 0 Å². The van der Waals surface area contributed by atoms with Gasteiger partial charge in [-0.05, 0) is 55.4 Å². The van der Waals surface area contributed by atoms with Gasteiger partial charge in [-0.2, -0.15) is 0 Å². The van der Waals surface area contributed by atoms with Crippen LogP contribution in [0.2, 0.25) is 0 Å². The van der Waals surface area contributed by atoms with Gasteiger partial charge in [0.2, 0.25) is 5.78 Å². The van der Waals surface area contributed by atoms with Crippen LogP contribution in [-0.2, 0) is 12.2 Å². The lowest BCUT2D eigenvalue weighted by atomic mass is 9.88. The van der Waals surface area contributed by atoms with Crippen LogP contribution in [0, 0.1) is 6.92 Å². The van der Waals surface area contributed by atoms with Gasteiger partial charge in [0.15, 0.2) is 5.16 Å². The first-order valence-corrected chi connectivity index (χ1v) is 13.1. The van der Waals surface area contributed by atoms with Crippen LogP contribution in [0.5, 0.6) is 0 Å². The molecule has 1 atom stereocenters. The summed E-state index contributed by atoms with van der Waals surface area (Å²) < 4.78 is 3.86. The van der Waals surface area contributed by atoms with E-state index >= 15 is 0 Å². The molecule has 5 nitrogen and oxygen atoms in total. The lowest BCUT2D eigenvalue weighted by molar-refractivity contribution is 0.601. The predicted molar refractivity (Wildman–Crippen MR) is 136 cm³/mol. The highest BCUT2D eigenvalue weighted by Crippen LogP contribution is 2.42. The van der Waals surface area contributed by atoms with E-state index in [1.807, 2.05) is 30.3 Å². The lowest BCUT2D eigenvalue weighted by Gasteiger charge is -2.18. The summed E-state index contributed by atoms with van der Waals surface area (Å²) in [5.74, 6) is 1.77. The molecule has 3 aromatic heterocycles. The van der Waals surface area contributed by atoms with Crippen LogP contribution < -0.4 is 5.56 Å². The molecule has 1 aliphatic rings. The molecule has 6 rings (SSSR count). The molecule has 0 N–H and O–H groups in total. The molecule has 0 unspecified atom stereocenters. The maximum Gasteiger partial charge on any atom is 0.268 e. The molecule has 5 aromatic rings. The Kier molecular flexibility index (Phi) is 5.11. The summed E-state index contributed by atoms with van der Waals surface area (Å²) in [4.78, 5) is 16.3. The number of nitrogens with zero attached hydrogens (tertiary/aromatic N) is 4. The number of hydrogen-bond acceptors (Lipinski definition) is 5. The Morgan fingerprint density at radius 3 is 2.67 bits per heavy atom. The molecule has 33 heavy (non-hydrogen) atoms. The van der Waals surface area contributed by atoms with Crippen molar-refractivity contribution in [2.45, 2.75) is 49.9 Å². The summed E-state index contributed by atoms with van der Waals surface area (Å²) in [5.41, 5.74) is 4.47. The molecule has 1 aliphatic carbocycles. The number of thioether (sulfide) groups is 1. The Balaban J connectivity index is 1.63. The first-order chi connectivity index (χ1) is 16.1. The van der Waals surface area contributed by atoms with Gasteiger partial charge in [-0.15, -0.1) is 21.5 Å². The highest BCUT2D eigenvalue weighted by Gasteiger charge is 2.28. The molecule has 0 amide bonds. The zero-order chi connectivity index (χ0) is 22.5. The standard InChI is InChI=1S/C26H24N4OS2/c1-16-11-13-19(14-12-16)29-23(31)22-21-17(2)7-6-10-20(21)33-24(22)30-25(29)27-28-26(30)32-15-18-8-4-3-5-9-18/h3-5,8-9,11-14,17H,6-7,10,15H2,1-2H3/t17-/m1/s1. The lowest BCUT2D eigenvalue weighted by Crippen LogP contribution is -2.22. The number of thiophene rings is 1. The van der Waals surface area contributed by atoms with Crippen LogP contribution in [0.15, 0.2) is 64.5 Å². The van der Waals surface area contributed by atoms with E-state index in [2.05, 4.69) is 52.7 Å². The molecule has 0 saturated heterocycles. The SMILES string of the molecule is Cc1ccc(-n2c(=O)c3c4c(sc3n3c(SCc5ccccc5)nnc23)CCC[C@H]4C)cc1. The van der Waals surface area contributed by atoms with Crippen LogP contribution in [0.25, 0.3) is 21.7 Å². The van der Waals surface area contributed by atoms with Gasteiger partial charge in [-0.25, -0.2) is 8.97 Å². The van der Waals surface area contributed by atoms with Crippen molar-refractivity contribution in [2.24, 2.45) is 0 Å². The molecule has 0 saturated carbocycles. The molecule has 0 bridgehead atoms. The van der Waals surface area contributed by atoms with Crippen molar-refractivity contribution >= 4 is 39.1 Å². The number of rotatable bonds is 4. The van der Waals surface area contributed by atoms with Gasteiger partial charge in [0.1, 0.15) is 4.83 Å². The molecule has 0 radical (unpaired) electrons.